The van der Waals surface area contributed by atoms with Gasteiger partial charge in [0.05, 0.1) is 23.4 Å². The van der Waals surface area contributed by atoms with Crippen LogP contribution in [-0.4, -0.2) is 12.6 Å². The van der Waals surface area contributed by atoms with Crippen molar-refractivity contribution >= 4 is 17.3 Å². The number of esters is 1. The van der Waals surface area contributed by atoms with Crippen LogP contribution in [0.1, 0.15) is 22.8 Å². The summed E-state index contributed by atoms with van der Waals surface area (Å²) in [5, 5.41) is 16.8. The number of ether oxygens (including phenoxy) is 1. The molecule has 0 radical (unpaired) electrons. The molecule has 2 rings (SSSR count). The molecule has 110 valence electrons. The Hall–Kier alpha value is -3.20. The van der Waals surface area contributed by atoms with Crippen molar-refractivity contribution in [1.29, 1.82) is 5.26 Å². The second-order valence-electron chi connectivity index (χ2n) is 4.21. The van der Waals surface area contributed by atoms with E-state index in [1.807, 2.05) is 0 Å². The Kier molecular flexibility index (Phi) is 5.21. The normalized spacial score (nSPS) is 10.2. The highest BCUT2D eigenvalue weighted by atomic mass is 16.5. The third kappa shape index (κ3) is 3.67. The third-order valence-electron chi connectivity index (χ3n) is 2.78. The van der Waals surface area contributed by atoms with E-state index in [2.05, 4.69) is 21.8 Å². The van der Waals surface area contributed by atoms with Crippen molar-refractivity contribution in [3.63, 3.8) is 0 Å². The highest BCUT2D eigenvalue weighted by Crippen LogP contribution is 2.21. The third-order valence-corrected chi connectivity index (χ3v) is 2.78. The fourth-order valence-corrected chi connectivity index (χ4v) is 1.75. The fourth-order valence-electron chi connectivity index (χ4n) is 1.75. The minimum atomic E-state index is -0.450. The molecule has 6 heteroatoms. The van der Waals surface area contributed by atoms with E-state index in [0.29, 0.717) is 22.5 Å². The predicted octanol–water partition coefficient (Wildman–Crippen LogP) is 3.85. The van der Waals surface area contributed by atoms with Gasteiger partial charge in [0, 0.05) is 0 Å². The monoisotopic (exact) mass is 294 g/mol. The molecule has 2 aromatic carbocycles. The van der Waals surface area contributed by atoms with E-state index in [0.717, 1.165) is 0 Å². The van der Waals surface area contributed by atoms with Gasteiger partial charge in [-0.1, -0.05) is 29.5 Å². The van der Waals surface area contributed by atoms with E-state index in [9.17, 15) is 4.79 Å². The standard InChI is InChI=1S/C16H14N4O2/c1-2-22-16(21)13-8-4-6-10-15(13)19-20-18-14-9-5-3-7-12(14)11-17/h3-10H,2H2,1H3,(H,18,19). The van der Waals surface area contributed by atoms with Crippen LogP contribution >= 0.6 is 0 Å². The van der Waals surface area contributed by atoms with Gasteiger partial charge in [-0.05, 0) is 31.2 Å². The second-order valence-corrected chi connectivity index (χ2v) is 4.21. The lowest BCUT2D eigenvalue weighted by atomic mass is 10.2. The van der Waals surface area contributed by atoms with Crippen LogP contribution in [0.5, 0.6) is 0 Å². The summed E-state index contributed by atoms with van der Waals surface area (Å²) < 4.78 is 4.97. The molecule has 0 unspecified atom stereocenters. The molecular formula is C16H14N4O2. The Balaban J connectivity index is 2.17. The summed E-state index contributed by atoms with van der Waals surface area (Å²) in [5.74, 6) is -0.450. The zero-order valence-corrected chi connectivity index (χ0v) is 12.0. The van der Waals surface area contributed by atoms with E-state index >= 15 is 0 Å². The van der Waals surface area contributed by atoms with Crippen molar-refractivity contribution in [2.75, 3.05) is 12.0 Å². The van der Waals surface area contributed by atoms with Crippen LogP contribution in [0.15, 0.2) is 58.9 Å². The summed E-state index contributed by atoms with van der Waals surface area (Å²) >= 11 is 0. The predicted molar refractivity (Wildman–Crippen MR) is 81.7 cm³/mol. The molecule has 1 N–H and O–H groups in total. The molecule has 0 saturated carbocycles. The average molecular weight is 294 g/mol. The summed E-state index contributed by atoms with van der Waals surface area (Å²) in [7, 11) is 0. The van der Waals surface area contributed by atoms with E-state index < -0.39 is 5.97 Å². The van der Waals surface area contributed by atoms with Crippen molar-refractivity contribution in [2.24, 2.45) is 10.3 Å². The number of nitriles is 1. The van der Waals surface area contributed by atoms with Crippen LogP contribution < -0.4 is 5.43 Å². The van der Waals surface area contributed by atoms with Crippen LogP contribution in [0, 0.1) is 11.3 Å². The first-order valence-corrected chi connectivity index (χ1v) is 6.68. The van der Waals surface area contributed by atoms with Crippen LogP contribution in [0.4, 0.5) is 11.4 Å². The molecule has 0 aliphatic rings. The molecule has 0 spiro atoms. The van der Waals surface area contributed by atoms with Crippen LogP contribution in [-0.2, 0) is 4.74 Å². The highest BCUT2D eigenvalue weighted by Gasteiger charge is 2.11. The molecule has 22 heavy (non-hydrogen) atoms. The molecule has 0 amide bonds. The van der Waals surface area contributed by atoms with Gasteiger partial charge in [0.15, 0.2) is 0 Å². The molecule has 0 bridgehead atoms. The minimum Gasteiger partial charge on any atom is -0.462 e. The minimum absolute atomic E-state index is 0.290. The number of anilines is 1. The van der Waals surface area contributed by atoms with Crippen molar-refractivity contribution in [1.82, 2.24) is 0 Å². The lowest BCUT2D eigenvalue weighted by Gasteiger charge is -2.04. The van der Waals surface area contributed by atoms with Gasteiger partial charge in [-0.3, -0.25) is 5.43 Å². The fraction of sp³-hybridized carbons (Fsp3) is 0.125. The maximum Gasteiger partial charge on any atom is 0.340 e. The Labute approximate surface area is 128 Å². The molecule has 0 saturated heterocycles. The Morgan fingerprint density at radius 2 is 1.95 bits per heavy atom. The van der Waals surface area contributed by atoms with Gasteiger partial charge in [0.1, 0.15) is 11.8 Å². The number of carbonyl (C=O) groups is 1. The lowest BCUT2D eigenvalue weighted by Crippen LogP contribution is -2.04. The largest absolute Gasteiger partial charge is 0.462 e. The topological polar surface area (TPSA) is 86.8 Å². The number of benzene rings is 2. The highest BCUT2D eigenvalue weighted by molar-refractivity contribution is 5.94. The summed E-state index contributed by atoms with van der Waals surface area (Å²) in [6, 6.07) is 15.7. The number of rotatable bonds is 5. The van der Waals surface area contributed by atoms with E-state index in [-0.39, 0.29) is 6.61 Å². The maximum atomic E-state index is 11.8. The first-order valence-electron chi connectivity index (χ1n) is 6.68. The Bertz CT molecular complexity index is 735. The molecule has 0 heterocycles. The number of nitrogens with zero attached hydrogens (tertiary/aromatic N) is 3. The molecular weight excluding hydrogens is 280 g/mol. The Morgan fingerprint density at radius 3 is 2.73 bits per heavy atom. The first-order chi connectivity index (χ1) is 10.8. The number of carbonyl (C=O) groups excluding carboxylic acids is 1. The lowest BCUT2D eigenvalue weighted by molar-refractivity contribution is 0.0527. The number of para-hydroxylation sites is 1. The first kappa shape index (κ1) is 15.2. The summed E-state index contributed by atoms with van der Waals surface area (Å²) in [5.41, 5.74) is 4.42. The van der Waals surface area contributed by atoms with Gasteiger partial charge in [-0.25, -0.2) is 4.79 Å². The van der Waals surface area contributed by atoms with Gasteiger partial charge in [0.2, 0.25) is 0 Å². The molecule has 0 aromatic heterocycles. The van der Waals surface area contributed by atoms with Crippen LogP contribution in [0.2, 0.25) is 0 Å². The quantitative estimate of drug-likeness (QED) is 0.515. The molecule has 0 aliphatic heterocycles. The molecule has 0 fully saturated rings. The van der Waals surface area contributed by atoms with Gasteiger partial charge < -0.3 is 4.74 Å². The van der Waals surface area contributed by atoms with E-state index in [1.54, 1.807) is 55.5 Å². The van der Waals surface area contributed by atoms with Crippen LogP contribution in [0.25, 0.3) is 0 Å². The maximum absolute atomic E-state index is 11.8. The summed E-state index contributed by atoms with van der Waals surface area (Å²) in [6.07, 6.45) is 0. The van der Waals surface area contributed by atoms with E-state index in [1.165, 1.54) is 0 Å². The van der Waals surface area contributed by atoms with Crippen molar-refractivity contribution in [3.8, 4) is 6.07 Å². The Morgan fingerprint density at radius 1 is 1.23 bits per heavy atom. The van der Waals surface area contributed by atoms with Crippen molar-refractivity contribution in [2.45, 2.75) is 6.92 Å². The zero-order chi connectivity index (χ0) is 15.8. The average Bonchev–Trinajstić information content (AvgIpc) is 2.56. The molecule has 2 aromatic rings. The van der Waals surface area contributed by atoms with Crippen molar-refractivity contribution in [3.05, 3.63) is 59.7 Å². The van der Waals surface area contributed by atoms with Gasteiger partial charge in [-0.15, -0.1) is 5.11 Å². The number of nitrogens with one attached hydrogen (secondary N) is 1. The van der Waals surface area contributed by atoms with Gasteiger partial charge >= 0.3 is 5.97 Å². The van der Waals surface area contributed by atoms with Gasteiger partial charge in [0.25, 0.3) is 0 Å². The smallest absolute Gasteiger partial charge is 0.340 e. The zero-order valence-electron chi connectivity index (χ0n) is 12.0. The van der Waals surface area contributed by atoms with Gasteiger partial charge in [-0.2, -0.15) is 5.26 Å². The number of hydrogen-bond donors (Lipinski definition) is 1. The van der Waals surface area contributed by atoms with E-state index in [4.69, 9.17) is 10.00 Å². The summed E-state index contributed by atoms with van der Waals surface area (Å²) in [4.78, 5) is 11.8. The summed E-state index contributed by atoms with van der Waals surface area (Å²) in [6.45, 7) is 2.03. The molecule has 0 atom stereocenters. The molecule has 0 aliphatic carbocycles. The number of hydrogen-bond acceptors (Lipinski definition) is 5. The second kappa shape index (κ2) is 7.55. The van der Waals surface area contributed by atoms with Crippen molar-refractivity contribution < 1.29 is 9.53 Å². The van der Waals surface area contributed by atoms with Crippen LogP contribution in [0.3, 0.4) is 0 Å². The SMILES string of the molecule is CCOC(=O)c1ccccc1N=NNc1ccccc1C#N. The molecule has 6 nitrogen and oxygen atoms in total.